The molecule has 6 heteroatoms. The van der Waals surface area contributed by atoms with Gasteiger partial charge in [-0.3, -0.25) is 4.79 Å². The summed E-state index contributed by atoms with van der Waals surface area (Å²) in [6.45, 7) is 3.93. The molecule has 3 rings (SSSR count). The summed E-state index contributed by atoms with van der Waals surface area (Å²) in [6, 6.07) is 13.4. The number of halogens is 2. The number of amides is 1. The number of carbonyl (C=O) groups excluding carboxylic acids is 1. The number of nitrogens with one attached hydrogen (secondary N) is 1. The minimum atomic E-state index is -0.310. The van der Waals surface area contributed by atoms with Crippen molar-refractivity contribution in [3.8, 4) is 5.69 Å². The van der Waals surface area contributed by atoms with Crippen molar-refractivity contribution in [2.24, 2.45) is 0 Å². The maximum atomic E-state index is 12.9. The first-order valence-corrected chi connectivity index (χ1v) is 8.60. The molecule has 4 nitrogen and oxygen atoms in total. The lowest BCUT2D eigenvalue weighted by Gasteiger charge is -2.08. The molecule has 0 unspecified atom stereocenters. The summed E-state index contributed by atoms with van der Waals surface area (Å²) in [5.41, 5.74) is 4.34. The predicted octanol–water partition coefficient (Wildman–Crippen LogP) is 4.57. The molecule has 0 aliphatic heterocycles. The maximum absolute atomic E-state index is 12.9. The number of benzene rings is 2. The average Bonchev–Trinajstić information content (AvgIpc) is 2.85. The van der Waals surface area contributed by atoms with Gasteiger partial charge in [0.15, 0.2) is 0 Å². The SMILES string of the molecule is Cc1nn(-c2ccc(NC(=O)Cc3ccc(F)cc3)cc2)c(C)c1Br. The van der Waals surface area contributed by atoms with Gasteiger partial charge in [0.25, 0.3) is 0 Å². The van der Waals surface area contributed by atoms with Crippen molar-refractivity contribution < 1.29 is 9.18 Å². The Balaban J connectivity index is 1.69. The van der Waals surface area contributed by atoms with Crippen molar-refractivity contribution in [1.82, 2.24) is 9.78 Å². The van der Waals surface area contributed by atoms with Crippen LogP contribution in [-0.2, 0) is 11.2 Å². The first kappa shape index (κ1) is 17.4. The van der Waals surface area contributed by atoms with Crippen LogP contribution < -0.4 is 5.32 Å². The highest BCUT2D eigenvalue weighted by molar-refractivity contribution is 9.10. The fourth-order valence-corrected chi connectivity index (χ4v) is 2.80. The van der Waals surface area contributed by atoms with Crippen LogP contribution in [0.15, 0.2) is 53.0 Å². The largest absolute Gasteiger partial charge is 0.326 e. The smallest absolute Gasteiger partial charge is 0.228 e. The van der Waals surface area contributed by atoms with Crippen molar-refractivity contribution in [3.05, 3.63) is 75.8 Å². The number of anilines is 1. The molecule has 0 bridgehead atoms. The van der Waals surface area contributed by atoms with E-state index in [2.05, 4.69) is 26.3 Å². The molecular formula is C19H17BrFN3O. The van der Waals surface area contributed by atoms with Crippen LogP contribution in [0.2, 0.25) is 0 Å². The Hall–Kier alpha value is -2.47. The van der Waals surface area contributed by atoms with E-state index in [1.807, 2.05) is 42.8 Å². The minimum Gasteiger partial charge on any atom is -0.326 e. The second kappa shape index (κ2) is 7.19. The molecule has 1 heterocycles. The van der Waals surface area contributed by atoms with E-state index in [4.69, 9.17) is 0 Å². The summed E-state index contributed by atoms with van der Waals surface area (Å²) in [5, 5.41) is 7.33. The number of nitrogens with zero attached hydrogens (tertiary/aromatic N) is 2. The molecule has 128 valence electrons. The lowest BCUT2D eigenvalue weighted by Crippen LogP contribution is -2.14. The highest BCUT2D eigenvalue weighted by atomic mass is 79.9. The van der Waals surface area contributed by atoms with Crippen molar-refractivity contribution in [2.75, 3.05) is 5.32 Å². The van der Waals surface area contributed by atoms with Gasteiger partial charge in [0.1, 0.15) is 5.82 Å². The summed E-state index contributed by atoms with van der Waals surface area (Å²) in [6.07, 6.45) is 0.201. The number of hydrogen-bond acceptors (Lipinski definition) is 2. The molecule has 0 aliphatic carbocycles. The standard InChI is InChI=1S/C19H17BrFN3O/c1-12-19(20)13(2)24(23-12)17-9-7-16(8-10-17)22-18(25)11-14-3-5-15(21)6-4-14/h3-10H,11H2,1-2H3,(H,22,25). The van der Waals surface area contributed by atoms with E-state index < -0.39 is 0 Å². The van der Waals surface area contributed by atoms with Gasteiger partial charge in [-0.2, -0.15) is 5.10 Å². The van der Waals surface area contributed by atoms with Crippen LogP contribution in [0.1, 0.15) is 17.0 Å². The zero-order valence-corrected chi connectivity index (χ0v) is 15.5. The van der Waals surface area contributed by atoms with E-state index in [9.17, 15) is 9.18 Å². The van der Waals surface area contributed by atoms with Gasteiger partial charge in [0, 0.05) is 5.69 Å². The Morgan fingerprint density at radius 3 is 2.32 bits per heavy atom. The summed E-state index contributed by atoms with van der Waals surface area (Å²) < 4.78 is 15.7. The molecule has 25 heavy (non-hydrogen) atoms. The van der Waals surface area contributed by atoms with Gasteiger partial charge < -0.3 is 5.32 Å². The molecule has 0 aliphatic rings. The highest BCUT2D eigenvalue weighted by Gasteiger charge is 2.10. The highest BCUT2D eigenvalue weighted by Crippen LogP contribution is 2.23. The minimum absolute atomic E-state index is 0.145. The zero-order chi connectivity index (χ0) is 18.0. The van der Waals surface area contributed by atoms with E-state index in [1.54, 1.807) is 12.1 Å². The fraction of sp³-hybridized carbons (Fsp3) is 0.158. The monoisotopic (exact) mass is 401 g/mol. The number of aromatic nitrogens is 2. The van der Waals surface area contributed by atoms with E-state index in [-0.39, 0.29) is 18.1 Å². The number of hydrogen-bond donors (Lipinski definition) is 1. The van der Waals surface area contributed by atoms with Crippen molar-refractivity contribution in [1.29, 1.82) is 0 Å². The summed E-state index contributed by atoms with van der Waals surface area (Å²) in [7, 11) is 0. The maximum Gasteiger partial charge on any atom is 0.228 e. The van der Waals surface area contributed by atoms with E-state index in [0.717, 1.165) is 27.1 Å². The van der Waals surface area contributed by atoms with Crippen LogP contribution in [0.25, 0.3) is 5.69 Å². The van der Waals surface area contributed by atoms with E-state index in [1.165, 1.54) is 12.1 Å². The number of carbonyl (C=O) groups is 1. The molecule has 3 aromatic rings. The third-order valence-corrected chi connectivity index (χ3v) is 5.02. The average molecular weight is 402 g/mol. The second-order valence-electron chi connectivity index (χ2n) is 5.79. The molecule has 0 spiro atoms. The van der Waals surface area contributed by atoms with Gasteiger partial charge >= 0.3 is 0 Å². The first-order valence-electron chi connectivity index (χ1n) is 7.80. The quantitative estimate of drug-likeness (QED) is 0.695. The molecule has 1 amide bonds. The predicted molar refractivity (Wildman–Crippen MR) is 99.5 cm³/mol. The molecule has 1 aromatic heterocycles. The number of rotatable bonds is 4. The van der Waals surface area contributed by atoms with Crippen LogP contribution in [0.4, 0.5) is 10.1 Å². The lowest BCUT2D eigenvalue weighted by molar-refractivity contribution is -0.115. The first-order chi connectivity index (χ1) is 11.9. The molecular weight excluding hydrogens is 385 g/mol. The van der Waals surface area contributed by atoms with Crippen molar-refractivity contribution in [2.45, 2.75) is 20.3 Å². The van der Waals surface area contributed by atoms with Crippen molar-refractivity contribution >= 4 is 27.5 Å². The van der Waals surface area contributed by atoms with Crippen LogP contribution in [0.5, 0.6) is 0 Å². The van der Waals surface area contributed by atoms with Crippen LogP contribution in [0, 0.1) is 19.7 Å². The molecule has 0 radical (unpaired) electrons. The summed E-state index contributed by atoms with van der Waals surface area (Å²) >= 11 is 3.52. The van der Waals surface area contributed by atoms with Gasteiger partial charge in [0.2, 0.25) is 5.91 Å². The molecule has 0 saturated heterocycles. The molecule has 1 N–H and O–H groups in total. The Labute approximate surface area is 153 Å². The van der Waals surface area contributed by atoms with Crippen LogP contribution in [0.3, 0.4) is 0 Å². The van der Waals surface area contributed by atoms with Crippen LogP contribution in [-0.4, -0.2) is 15.7 Å². The molecule has 2 aromatic carbocycles. The Kier molecular flexibility index (Phi) is 4.99. The van der Waals surface area contributed by atoms with Gasteiger partial charge in [-0.05, 0) is 71.7 Å². The third-order valence-electron chi connectivity index (χ3n) is 3.88. The topological polar surface area (TPSA) is 46.9 Å². The van der Waals surface area contributed by atoms with E-state index >= 15 is 0 Å². The van der Waals surface area contributed by atoms with Crippen LogP contribution >= 0.6 is 15.9 Å². The van der Waals surface area contributed by atoms with Gasteiger partial charge in [-0.25, -0.2) is 9.07 Å². The third kappa shape index (κ3) is 3.96. The fourth-order valence-electron chi connectivity index (χ4n) is 2.55. The molecule has 0 atom stereocenters. The lowest BCUT2D eigenvalue weighted by atomic mass is 10.1. The van der Waals surface area contributed by atoms with Gasteiger partial charge in [-0.1, -0.05) is 12.1 Å². The Morgan fingerprint density at radius 2 is 1.76 bits per heavy atom. The normalized spacial score (nSPS) is 10.7. The zero-order valence-electron chi connectivity index (χ0n) is 13.9. The summed E-state index contributed by atoms with van der Waals surface area (Å²) in [5.74, 6) is -0.455. The van der Waals surface area contributed by atoms with Gasteiger partial charge in [0.05, 0.1) is 28.0 Å². The van der Waals surface area contributed by atoms with Gasteiger partial charge in [-0.15, -0.1) is 0 Å². The van der Waals surface area contributed by atoms with E-state index in [0.29, 0.717) is 5.69 Å². The molecule has 0 saturated carbocycles. The summed E-state index contributed by atoms with van der Waals surface area (Å²) in [4.78, 5) is 12.1. The second-order valence-corrected chi connectivity index (χ2v) is 6.59. The Morgan fingerprint density at radius 1 is 1.12 bits per heavy atom. The number of aryl methyl sites for hydroxylation is 1. The van der Waals surface area contributed by atoms with Crippen molar-refractivity contribution in [3.63, 3.8) is 0 Å². The molecule has 0 fully saturated rings. The Bertz CT molecular complexity index is 902.